The predicted molar refractivity (Wildman–Crippen MR) is 85.2 cm³/mol. The molecule has 0 N–H and O–H groups in total. The van der Waals surface area contributed by atoms with Crippen LogP contribution in [0.25, 0.3) is 0 Å². The van der Waals surface area contributed by atoms with Gasteiger partial charge in [0.1, 0.15) is 12.3 Å². The van der Waals surface area contributed by atoms with Crippen molar-refractivity contribution >= 4 is 11.8 Å². The third-order valence-electron chi connectivity index (χ3n) is 3.98. The SMILES string of the molecule is CC(=O)c1c(C)cc(C)c(COC(=O)c2cccn2C)c1C. The van der Waals surface area contributed by atoms with Gasteiger partial charge >= 0.3 is 5.97 Å². The van der Waals surface area contributed by atoms with Gasteiger partial charge in [0.2, 0.25) is 0 Å². The van der Waals surface area contributed by atoms with E-state index in [4.69, 9.17) is 4.74 Å². The zero-order valence-corrected chi connectivity index (χ0v) is 13.7. The van der Waals surface area contributed by atoms with Crippen LogP contribution in [0.1, 0.15) is 50.0 Å². The quantitative estimate of drug-likeness (QED) is 0.641. The minimum atomic E-state index is -0.365. The lowest BCUT2D eigenvalue weighted by Gasteiger charge is -2.16. The lowest BCUT2D eigenvalue weighted by Crippen LogP contribution is -2.12. The highest BCUT2D eigenvalue weighted by molar-refractivity contribution is 5.97. The highest BCUT2D eigenvalue weighted by Gasteiger charge is 2.16. The molecular formula is C18H21NO3. The number of carbonyl (C=O) groups excluding carboxylic acids is 2. The monoisotopic (exact) mass is 299 g/mol. The average molecular weight is 299 g/mol. The van der Waals surface area contributed by atoms with Gasteiger partial charge in [0.15, 0.2) is 5.78 Å². The maximum Gasteiger partial charge on any atom is 0.355 e. The first kappa shape index (κ1) is 16.0. The Kier molecular flexibility index (Phi) is 4.50. The van der Waals surface area contributed by atoms with E-state index < -0.39 is 0 Å². The summed E-state index contributed by atoms with van der Waals surface area (Å²) in [4.78, 5) is 23.9. The van der Waals surface area contributed by atoms with Crippen LogP contribution in [0.15, 0.2) is 24.4 Å². The molecule has 0 fully saturated rings. The predicted octanol–water partition coefficient (Wildman–Crippen LogP) is 3.51. The highest BCUT2D eigenvalue weighted by atomic mass is 16.5. The number of rotatable bonds is 4. The second-order valence-corrected chi connectivity index (χ2v) is 5.63. The van der Waals surface area contributed by atoms with E-state index in [1.807, 2.05) is 26.8 Å². The molecule has 22 heavy (non-hydrogen) atoms. The number of nitrogens with zero attached hydrogens (tertiary/aromatic N) is 1. The number of hydrogen-bond acceptors (Lipinski definition) is 3. The Labute approximate surface area is 130 Å². The Hall–Kier alpha value is -2.36. The molecule has 0 amide bonds. The van der Waals surface area contributed by atoms with Crippen LogP contribution in [-0.2, 0) is 18.4 Å². The molecule has 0 radical (unpaired) electrons. The maximum atomic E-state index is 12.1. The number of Topliss-reactive ketones (excluding diaryl/α,β-unsaturated/α-hetero) is 1. The minimum absolute atomic E-state index is 0.0324. The molecule has 0 bridgehead atoms. The highest BCUT2D eigenvalue weighted by Crippen LogP contribution is 2.24. The number of hydrogen-bond donors (Lipinski definition) is 0. The Morgan fingerprint density at radius 2 is 1.86 bits per heavy atom. The summed E-state index contributed by atoms with van der Waals surface area (Å²) in [7, 11) is 1.80. The molecule has 0 atom stereocenters. The Morgan fingerprint density at radius 3 is 2.41 bits per heavy atom. The van der Waals surface area contributed by atoms with E-state index in [9.17, 15) is 9.59 Å². The molecule has 4 nitrogen and oxygen atoms in total. The first-order chi connectivity index (χ1) is 10.3. The number of benzene rings is 1. The van der Waals surface area contributed by atoms with Gasteiger partial charge in [-0.15, -0.1) is 0 Å². The van der Waals surface area contributed by atoms with E-state index >= 15 is 0 Å². The smallest absolute Gasteiger partial charge is 0.355 e. The second kappa shape index (κ2) is 6.18. The normalized spacial score (nSPS) is 10.6. The Bertz CT molecular complexity index is 741. The van der Waals surface area contributed by atoms with Gasteiger partial charge in [-0.1, -0.05) is 6.07 Å². The molecule has 1 aromatic carbocycles. The molecule has 2 rings (SSSR count). The summed E-state index contributed by atoms with van der Waals surface area (Å²) in [5, 5.41) is 0. The number of ether oxygens (including phenoxy) is 1. The van der Waals surface area contributed by atoms with Crippen LogP contribution in [0, 0.1) is 20.8 Å². The number of esters is 1. The summed E-state index contributed by atoms with van der Waals surface area (Å²) in [6.07, 6.45) is 1.80. The summed E-state index contributed by atoms with van der Waals surface area (Å²) in [6.45, 7) is 7.53. The van der Waals surface area contributed by atoms with Crippen molar-refractivity contribution in [2.75, 3.05) is 0 Å². The van der Waals surface area contributed by atoms with Crippen molar-refractivity contribution in [2.24, 2.45) is 7.05 Å². The number of aromatic nitrogens is 1. The summed E-state index contributed by atoms with van der Waals surface area (Å²) < 4.78 is 7.14. The van der Waals surface area contributed by atoms with Gasteiger partial charge in [0.25, 0.3) is 0 Å². The number of aryl methyl sites for hydroxylation is 3. The summed E-state index contributed by atoms with van der Waals surface area (Å²) in [5.41, 5.74) is 5.01. The topological polar surface area (TPSA) is 48.3 Å². The van der Waals surface area contributed by atoms with Crippen LogP contribution in [0.5, 0.6) is 0 Å². The molecule has 0 unspecified atom stereocenters. The molecule has 0 aliphatic heterocycles. The Balaban J connectivity index is 2.27. The van der Waals surface area contributed by atoms with Gasteiger partial charge in [0, 0.05) is 18.8 Å². The van der Waals surface area contributed by atoms with E-state index in [1.165, 1.54) is 0 Å². The largest absolute Gasteiger partial charge is 0.456 e. The van der Waals surface area contributed by atoms with Crippen LogP contribution in [-0.4, -0.2) is 16.3 Å². The molecule has 4 heteroatoms. The van der Waals surface area contributed by atoms with Crippen LogP contribution >= 0.6 is 0 Å². The van der Waals surface area contributed by atoms with E-state index in [2.05, 4.69) is 0 Å². The van der Waals surface area contributed by atoms with E-state index in [1.54, 1.807) is 36.9 Å². The number of ketones is 1. The third-order valence-corrected chi connectivity index (χ3v) is 3.98. The van der Waals surface area contributed by atoms with E-state index in [0.717, 1.165) is 27.8 Å². The molecule has 0 aliphatic carbocycles. The first-order valence-corrected chi connectivity index (χ1v) is 7.22. The minimum Gasteiger partial charge on any atom is -0.456 e. The van der Waals surface area contributed by atoms with Crippen molar-refractivity contribution < 1.29 is 14.3 Å². The van der Waals surface area contributed by atoms with E-state index in [-0.39, 0.29) is 18.4 Å². The van der Waals surface area contributed by atoms with Gasteiger partial charge < -0.3 is 9.30 Å². The standard InChI is InChI=1S/C18H21NO3/c1-11-9-12(2)17(14(4)20)13(3)15(11)10-22-18(21)16-7-6-8-19(16)5/h6-9H,10H2,1-5H3. The van der Waals surface area contributed by atoms with Crippen LogP contribution in [0.3, 0.4) is 0 Å². The van der Waals surface area contributed by atoms with Crippen LogP contribution in [0.4, 0.5) is 0 Å². The second-order valence-electron chi connectivity index (χ2n) is 5.63. The van der Waals surface area contributed by atoms with Crippen molar-refractivity contribution in [3.63, 3.8) is 0 Å². The lowest BCUT2D eigenvalue weighted by molar-refractivity contribution is 0.0460. The summed E-state index contributed by atoms with van der Waals surface area (Å²) >= 11 is 0. The molecule has 116 valence electrons. The molecule has 1 aromatic heterocycles. The van der Waals surface area contributed by atoms with Gasteiger partial charge in [-0.3, -0.25) is 4.79 Å². The van der Waals surface area contributed by atoms with Gasteiger partial charge in [0.05, 0.1) is 0 Å². The fraction of sp³-hybridized carbons (Fsp3) is 0.333. The summed E-state index contributed by atoms with van der Waals surface area (Å²) in [6, 6.07) is 5.49. The first-order valence-electron chi connectivity index (χ1n) is 7.22. The molecule has 0 spiro atoms. The van der Waals surface area contributed by atoms with Crippen molar-refractivity contribution in [1.29, 1.82) is 0 Å². The zero-order chi connectivity index (χ0) is 16.4. The van der Waals surface area contributed by atoms with Gasteiger partial charge in [-0.25, -0.2) is 4.79 Å². The maximum absolute atomic E-state index is 12.1. The molecule has 2 aromatic rings. The molecule has 0 saturated heterocycles. The Morgan fingerprint density at radius 1 is 1.18 bits per heavy atom. The van der Waals surface area contributed by atoms with Crippen molar-refractivity contribution in [3.05, 3.63) is 57.9 Å². The van der Waals surface area contributed by atoms with E-state index in [0.29, 0.717) is 5.69 Å². The van der Waals surface area contributed by atoms with Crippen molar-refractivity contribution in [2.45, 2.75) is 34.3 Å². The average Bonchev–Trinajstić information content (AvgIpc) is 2.83. The van der Waals surface area contributed by atoms with Crippen LogP contribution < -0.4 is 0 Å². The zero-order valence-electron chi connectivity index (χ0n) is 13.7. The van der Waals surface area contributed by atoms with Crippen LogP contribution in [0.2, 0.25) is 0 Å². The fourth-order valence-electron chi connectivity index (χ4n) is 2.88. The molecular weight excluding hydrogens is 278 g/mol. The van der Waals surface area contributed by atoms with Gasteiger partial charge in [-0.05, 0) is 62.1 Å². The number of carbonyl (C=O) groups is 2. The lowest BCUT2D eigenvalue weighted by atomic mass is 9.92. The van der Waals surface area contributed by atoms with Crippen molar-refractivity contribution in [3.8, 4) is 0 Å². The molecule has 1 heterocycles. The fourth-order valence-corrected chi connectivity index (χ4v) is 2.88. The molecule has 0 aliphatic rings. The summed E-state index contributed by atoms with van der Waals surface area (Å²) in [5.74, 6) is -0.332. The van der Waals surface area contributed by atoms with Gasteiger partial charge in [-0.2, -0.15) is 0 Å². The molecule has 0 saturated carbocycles. The van der Waals surface area contributed by atoms with Crippen molar-refractivity contribution in [1.82, 2.24) is 4.57 Å². The third kappa shape index (κ3) is 2.96.